The van der Waals surface area contributed by atoms with Crippen molar-refractivity contribution in [3.63, 3.8) is 0 Å². The Hall–Kier alpha value is -6.84. The van der Waals surface area contributed by atoms with Gasteiger partial charge in [-0.25, -0.2) is 15.0 Å². The number of nitrogens with one attached hydrogen (secondary N) is 4. The van der Waals surface area contributed by atoms with Gasteiger partial charge in [0.15, 0.2) is 5.82 Å². The second-order valence-corrected chi connectivity index (χ2v) is 22.8. The third kappa shape index (κ3) is 18.3. The number of amides is 5. The molecule has 5 amide bonds. The molecule has 4 aromatic heterocycles. The number of pyridine rings is 2. The smallest absolute Gasteiger partial charge is 0.260 e. The molecule has 0 aliphatic carbocycles. The number of ether oxygens (including phenoxy) is 5. The predicted molar refractivity (Wildman–Crippen MR) is 317 cm³/mol. The summed E-state index contributed by atoms with van der Waals surface area (Å²) in [5.74, 6) is 0.394. The Morgan fingerprint density at radius 2 is 1.50 bits per heavy atom. The van der Waals surface area contributed by atoms with E-state index in [0.29, 0.717) is 108 Å². The molecule has 25 heteroatoms. The minimum absolute atomic E-state index is 0.0139. The first-order chi connectivity index (χ1) is 40.4. The minimum atomic E-state index is -0.941. The lowest BCUT2D eigenvalue weighted by Crippen LogP contribution is -2.57. The summed E-state index contributed by atoms with van der Waals surface area (Å²) in [7, 11) is 1.96. The van der Waals surface area contributed by atoms with Crippen molar-refractivity contribution < 1.29 is 52.8 Å². The van der Waals surface area contributed by atoms with Gasteiger partial charge in [0.25, 0.3) is 5.91 Å². The summed E-state index contributed by atoms with van der Waals surface area (Å²) in [5.41, 5.74) is 6.83. The van der Waals surface area contributed by atoms with Crippen LogP contribution in [0.25, 0.3) is 22.0 Å². The van der Waals surface area contributed by atoms with Crippen LogP contribution in [0.2, 0.25) is 0 Å². The highest BCUT2D eigenvalue weighted by molar-refractivity contribution is 7.13. The molecule has 5 N–H and O–H groups in total. The SMILES string of the molecule is CCn1cnnc1-c1cccc(N2Cc3c(cc(N(C)C(C)C)nc3CNCCNC(=O)CCOCCOCCOCCOCCOCCC(=O)N[C@H](C(=O)N3C[C@H](O)C[C@H]3C(=O)NCc3ccc(-c4scnc4C)cc3)C(C)(C)C)C2=O)n1. The fourth-order valence-electron chi connectivity index (χ4n) is 9.42. The van der Waals surface area contributed by atoms with E-state index in [1.54, 1.807) is 22.6 Å². The molecule has 7 rings (SSSR count). The number of β-amino-alcohol motifs (C(OH)–C–C–N with tert-alkyl or cyclic N) is 1. The van der Waals surface area contributed by atoms with Crippen LogP contribution < -0.4 is 31.1 Å². The maximum Gasteiger partial charge on any atom is 0.260 e. The third-order valence-corrected chi connectivity index (χ3v) is 15.4. The molecule has 456 valence electrons. The number of aryl methyl sites for hydroxylation is 2. The summed E-state index contributed by atoms with van der Waals surface area (Å²) >= 11 is 1.57. The highest BCUT2D eigenvalue weighted by atomic mass is 32.1. The van der Waals surface area contributed by atoms with Gasteiger partial charge in [0.05, 0.1) is 106 Å². The number of likely N-dealkylation sites (tertiary alicyclic amines) is 1. The lowest BCUT2D eigenvalue weighted by molar-refractivity contribution is -0.144. The summed E-state index contributed by atoms with van der Waals surface area (Å²) in [6.07, 6.45) is 1.10. The molecular weight excluding hydrogens is 1100 g/mol. The summed E-state index contributed by atoms with van der Waals surface area (Å²) in [4.78, 5) is 87.2. The first kappa shape index (κ1) is 64.7. The average Bonchev–Trinajstić information content (AvgIpc) is 2.88. The van der Waals surface area contributed by atoms with Crippen LogP contribution in [0.5, 0.6) is 0 Å². The van der Waals surface area contributed by atoms with Crippen LogP contribution in [0, 0.1) is 12.3 Å². The van der Waals surface area contributed by atoms with Gasteiger partial charge in [0, 0.05) is 77.2 Å². The zero-order valence-corrected chi connectivity index (χ0v) is 50.5. The molecule has 0 bridgehead atoms. The molecule has 5 aromatic rings. The Kier molecular flexibility index (Phi) is 24.6. The molecule has 0 saturated carbocycles. The summed E-state index contributed by atoms with van der Waals surface area (Å²) in [6, 6.07) is 13.6. The molecule has 24 nitrogen and oxygen atoms in total. The second-order valence-electron chi connectivity index (χ2n) is 21.9. The molecule has 3 atom stereocenters. The maximum absolute atomic E-state index is 14.0. The van der Waals surface area contributed by atoms with Crippen molar-refractivity contribution in [2.45, 2.75) is 118 Å². The highest BCUT2D eigenvalue weighted by Crippen LogP contribution is 2.33. The first-order valence-electron chi connectivity index (χ1n) is 28.8. The molecule has 1 aromatic carbocycles. The van der Waals surface area contributed by atoms with E-state index >= 15 is 0 Å². The topological polar surface area (TPSA) is 279 Å². The molecule has 0 spiro atoms. The van der Waals surface area contributed by atoms with Crippen LogP contribution in [0.15, 0.2) is 60.4 Å². The maximum atomic E-state index is 14.0. The number of hydrogen-bond acceptors (Lipinski definition) is 19. The van der Waals surface area contributed by atoms with Crippen molar-refractivity contribution in [1.29, 1.82) is 0 Å². The van der Waals surface area contributed by atoms with Crippen molar-refractivity contribution in [3.05, 3.63) is 88.4 Å². The molecule has 2 aliphatic heterocycles. The Morgan fingerprint density at radius 3 is 2.12 bits per heavy atom. The number of carbonyl (C=O) groups excluding carboxylic acids is 5. The number of carbonyl (C=O) groups is 5. The van der Waals surface area contributed by atoms with Gasteiger partial charge < -0.3 is 64.4 Å². The van der Waals surface area contributed by atoms with Gasteiger partial charge in [-0.2, -0.15) is 0 Å². The largest absolute Gasteiger partial charge is 0.391 e. The van der Waals surface area contributed by atoms with Crippen molar-refractivity contribution in [3.8, 4) is 22.0 Å². The van der Waals surface area contributed by atoms with E-state index in [-0.39, 0.29) is 81.8 Å². The van der Waals surface area contributed by atoms with Gasteiger partial charge in [-0.05, 0) is 62.4 Å². The first-order valence-corrected chi connectivity index (χ1v) is 29.6. The van der Waals surface area contributed by atoms with E-state index in [4.69, 9.17) is 33.7 Å². The number of aromatic nitrogens is 6. The van der Waals surface area contributed by atoms with Crippen LogP contribution in [0.3, 0.4) is 0 Å². The molecule has 0 unspecified atom stereocenters. The number of fused-ring (bicyclic) bond motifs is 1. The molecule has 0 radical (unpaired) electrons. The van der Waals surface area contributed by atoms with Crippen molar-refractivity contribution in [2.24, 2.45) is 5.41 Å². The zero-order chi connectivity index (χ0) is 60.2. The van der Waals surface area contributed by atoms with Gasteiger partial charge in [0.2, 0.25) is 23.6 Å². The Bertz CT molecular complexity index is 2950. The van der Waals surface area contributed by atoms with Gasteiger partial charge in [0.1, 0.15) is 35.7 Å². The molecule has 2 aliphatic rings. The summed E-state index contributed by atoms with van der Waals surface area (Å²) < 4.78 is 29.8. The van der Waals surface area contributed by atoms with Crippen LogP contribution in [0.1, 0.15) is 93.7 Å². The van der Waals surface area contributed by atoms with Gasteiger partial charge in [-0.1, -0.05) is 51.1 Å². The van der Waals surface area contributed by atoms with Crippen molar-refractivity contribution in [1.82, 2.24) is 55.9 Å². The van der Waals surface area contributed by atoms with E-state index in [9.17, 15) is 29.1 Å². The Morgan fingerprint density at radius 1 is 0.845 bits per heavy atom. The van der Waals surface area contributed by atoms with Crippen molar-refractivity contribution in [2.75, 3.05) is 103 Å². The number of nitrogens with zero attached hydrogens (tertiary/aromatic N) is 9. The number of aliphatic hydroxyl groups is 1. The lowest BCUT2D eigenvalue weighted by atomic mass is 9.85. The summed E-state index contributed by atoms with van der Waals surface area (Å²) in [6.45, 7) is 19.2. The minimum Gasteiger partial charge on any atom is -0.391 e. The fraction of sp³-hybridized carbons (Fsp3) is 0.559. The molecule has 1 saturated heterocycles. The fourth-order valence-corrected chi connectivity index (χ4v) is 10.2. The van der Waals surface area contributed by atoms with E-state index in [2.05, 4.69) is 50.3 Å². The van der Waals surface area contributed by atoms with Crippen LogP contribution in [-0.4, -0.2) is 186 Å². The third-order valence-electron chi connectivity index (χ3n) is 14.4. The Labute approximate surface area is 495 Å². The number of rotatable bonds is 34. The molecule has 1 fully saturated rings. The lowest BCUT2D eigenvalue weighted by Gasteiger charge is -2.35. The standard InChI is InChI=1S/C59H83N13O11S/c1-9-70-37-64-68-55(70)46-11-10-12-49(65-46)72-36-45-44(57(72)77)32-50(69(8)39(2)3)66-47(45)34-60-19-20-61-51(74)17-21-79-23-25-81-27-29-83-30-28-82-26-24-80-22-18-52(75)67-54(59(5,6)7)58(78)71-35-43(73)31-48(71)56(76)62-33-41-13-15-42(16-14-41)53-40(4)63-38-84-53/h10-16,32,37-39,43,48,54,60,73H,9,17-31,33-36H2,1-8H3,(H,61,74)(H,62,76)(H,67,75)/t43-,48+,54-/m1/s1. The monoisotopic (exact) mass is 1180 g/mol. The van der Waals surface area contributed by atoms with Gasteiger partial charge in [-0.3, -0.25) is 28.9 Å². The normalized spacial score (nSPS) is 15.4. The van der Waals surface area contributed by atoms with Gasteiger partial charge >= 0.3 is 0 Å². The van der Waals surface area contributed by atoms with Crippen LogP contribution >= 0.6 is 11.3 Å². The Balaban J connectivity index is 0.685. The predicted octanol–water partition coefficient (Wildman–Crippen LogP) is 4.07. The van der Waals surface area contributed by atoms with E-state index in [1.807, 2.05) is 105 Å². The quantitative estimate of drug-likeness (QED) is 0.0363. The number of aliphatic hydroxyl groups excluding tert-OH is 1. The average molecular weight is 1180 g/mol. The van der Waals surface area contributed by atoms with E-state index < -0.39 is 29.5 Å². The molecule has 84 heavy (non-hydrogen) atoms. The second kappa shape index (κ2) is 31.9. The number of thiazole rings is 1. The number of benzene rings is 1. The van der Waals surface area contributed by atoms with Crippen molar-refractivity contribution >= 4 is 52.5 Å². The number of anilines is 2. The highest BCUT2D eigenvalue weighted by Gasteiger charge is 2.44. The summed E-state index contributed by atoms with van der Waals surface area (Å²) in [5, 5.41) is 30.9. The zero-order valence-electron chi connectivity index (χ0n) is 49.7. The molecule has 6 heterocycles. The van der Waals surface area contributed by atoms with E-state index in [1.165, 1.54) is 4.90 Å². The number of hydrogen-bond donors (Lipinski definition) is 5. The van der Waals surface area contributed by atoms with Gasteiger partial charge in [-0.15, -0.1) is 21.5 Å². The van der Waals surface area contributed by atoms with E-state index in [0.717, 1.165) is 33.0 Å². The molecular formula is C59H83N13O11S. The van der Waals surface area contributed by atoms with Crippen LogP contribution in [0.4, 0.5) is 11.6 Å². The van der Waals surface area contributed by atoms with Crippen LogP contribution in [-0.2, 0) is 69.0 Å².